The summed E-state index contributed by atoms with van der Waals surface area (Å²) >= 11 is 0. The van der Waals surface area contributed by atoms with E-state index in [0.717, 1.165) is 51.9 Å². The van der Waals surface area contributed by atoms with Crippen LogP contribution in [-0.4, -0.2) is 17.7 Å². The molecule has 6 nitrogen and oxygen atoms in total. The smallest absolute Gasteiger partial charge is 0.254 e. The molecule has 0 aliphatic carbocycles. The molecule has 46 heavy (non-hydrogen) atoms. The van der Waals surface area contributed by atoms with Crippen LogP contribution in [0.5, 0.6) is 0 Å². The van der Waals surface area contributed by atoms with Crippen LogP contribution < -0.4 is 16.0 Å². The lowest BCUT2D eigenvalue weighted by atomic mass is 9.81. The van der Waals surface area contributed by atoms with Gasteiger partial charge < -0.3 is 16.0 Å². The number of primary amides is 1. The summed E-state index contributed by atoms with van der Waals surface area (Å²) in [5.41, 5.74) is 13.6. The van der Waals surface area contributed by atoms with Crippen molar-refractivity contribution >= 4 is 23.4 Å². The molecule has 0 saturated carbocycles. The maximum absolute atomic E-state index is 14.7. The average Bonchev–Trinajstić information content (AvgIpc) is 3.14. The number of aryl methyl sites for hydroxylation is 1. The molecule has 3 N–H and O–H groups in total. The van der Waals surface area contributed by atoms with Gasteiger partial charge in [0.25, 0.3) is 5.91 Å². The summed E-state index contributed by atoms with van der Waals surface area (Å²) in [6, 6.07) is 31.4. The molecule has 3 amide bonds. The van der Waals surface area contributed by atoms with Crippen LogP contribution in [0.15, 0.2) is 97.1 Å². The molecule has 1 heterocycles. The fraction of sp³-hybridized carbons (Fsp3) is 0.325. The number of nitrogens with one attached hydrogen (secondary N) is 1. The molecule has 6 heteroatoms. The van der Waals surface area contributed by atoms with Gasteiger partial charge in [-0.2, -0.15) is 0 Å². The molecule has 0 radical (unpaired) electrons. The zero-order valence-corrected chi connectivity index (χ0v) is 27.3. The topological polar surface area (TPSA) is 92.5 Å². The Kier molecular flexibility index (Phi) is 10.4. The van der Waals surface area contributed by atoms with E-state index in [-0.39, 0.29) is 17.7 Å². The zero-order chi connectivity index (χ0) is 32.8. The monoisotopic (exact) mass is 615 g/mol. The van der Waals surface area contributed by atoms with Crippen molar-refractivity contribution in [1.29, 1.82) is 0 Å². The second kappa shape index (κ2) is 14.6. The van der Waals surface area contributed by atoms with E-state index in [1.165, 1.54) is 5.56 Å². The number of fused-ring (bicyclic) bond motifs is 3. The Balaban J connectivity index is 1.54. The molecule has 0 bridgehead atoms. The molecular formula is C40H45N3O3. The fourth-order valence-electron chi connectivity index (χ4n) is 6.60. The maximum atomic E-state index is 14.7. The average molecular weight is 616 g/mol. The number of amides is 3. The Hall–Kier alpha value is -4.71. The number of anilines is 1. The third-order valence-electron chi connectivity index (χ3n) is 8.99. The zero-order valence-electron chi connectivity index (χ0n) is 27.3. The van der Waals surface area contributed by atoms with Gasteiger partial charge in [0.2, 0.25) is 11.8 Å². The molecule has 1 unspecified atom stereocenters. The second-order valence-corrected chi connectivity index (χ2v) is 12.9. The first-order chi connectivity index (χ1) is 22.2. The second-order valence-electron chi connectivity index (χ2n) is 12.9. The standard InChI is InChI=1S/C40H45N3O3/c1-5-6-14-34(38(41)44)35(23-26(2)3)39(45)42-37-33-17-8-7-15-31(33)32-16-9-10-18-36(32)43(40(37)46)25-28-12-11-13-30(24-28)29-21-19-27(4)20-22-29/h7-13,15-22,24,26,34-35,37H,5-6,14,23,25H2,1-4H3,(H2,41,44)(H,42,45)/t34-,35+,37?/m0/s1. The van der Waals surface area contributed by atoms with E-state index in [4.69, 9.17) is 5.73 Å². The van der Waals surface area contributed by atoms with E-state index >= 15 is 0 Å². The Morgan fingerprint density at radius 3 is 2.24 bits per heavy atom. The lowest BCUT2D eigenvalue weighted by Gasteiger charge is -2.30. The van der Waals surface area contributed by atoms with Crippen molar-refractivity contribution in [3.05, 3.63) is 114 Å². The van der Waals surface area contributed by atoms with Gasteiger partial charge >= 0.3 is 0 Å². The number of nitrogens with two attached hydrogens (primary N) is 1. The van der Waals surface area contributed by atoms with Crippen molar-refractivity contribution in [2.75, 3.05) is 4.90 Å². The Bertz CT molecular complexity index is 1690. The number of benzene rings is 4. The number of carbonyl (C=O) groups excluding carboxylic acids is 3. The van der Waals surface area contributed by atoms with Crippen molar-refractivity contribution in [3.63, 3.8) is 0 Å². The van der Waals surface area contributed by atoms with E-state index in [2.05, 4.69) is 55.6 Å². The molecule has 0 saturated heterocycles. The quantitative estimate of drug-likeness (QED) is 0.169. The minimum atomic E-state index is -0.939. The van der Waals surface area contributed by atoms with Crippen LogP contribution >= 0.6 is 0 Å². The number of nitrogens with zero attached hydrogens (tertiary/aromatic N) is 1. The molecule has 238 valence electrons. The van der Waals surface area contributed by atoms with E-state index in [9.17, 15) is 14.4 Å². The first-order valence-corrected chi connectivity index (χ1v) is 16.4. The van der Waals surface area contributed by atoms with E-state index in [1.807, 2.05) is 74.5 Å². The molecule has 5 rings (SSSR count). The molecule has 4 aromatic rings. The van der Waals surface area contributed by atoms with Gasteiger partial charge in [0.15, 0.2) is 0 Å². The summed E-state index contributed by atoms with van der Waals surface area (Å²) in [6.45, 7) is 8.52. The Morgan fingerprint density at radius 2 is 1.54 bits per heavy atom. The molecule has 1 aliphatic heterocycles. The van der Waals surface area contributed by atoms with Crippen LogP contribution in [0.4, 0.5) is 5.69 Å². The summed E-state index contributed by atoms with van der Waals surface area (Å²) in [4.78, 5) is 43.4. The Labute approximate surface area is 273 Å². The summed E-state index contributed by atoms with van der Waals surface area (Å²) < 4.78 is 0. The number of unbranched alkanes of at least 4 members (excludes halogenated alkanes) is 1. The highest BCUT2D eigenvalue weighted by atomic mass is 16.2. The van der Waals surface area contributed by atoms with Crippen LogP contribution in [0.25, 0.3) is 22.3 Å². The van der Waals surface area contributed by atoms with E-state index in [1.54, 1.807) is 4.90 Å². The Morgan fingerprint density at radius 1 is 0.848 bits per heavy atom. The molecule has 0 fully saturated rings. The van der Waals surface area contributed by atoms with Crippen molar-refractivity contribution in [1.82, 2.24) is 5.32 Å². The predicted octanol–water partition coefficient (Wildman–Crippen LogP) is 7.99. The predicted molar refractivity (Wildman–Crippen MR) is 186 cm³/mol. The lowest BCUT2D eigenvalue weighted by Crippen LogP contribution is -2.47. The molecule has 3 atom stereocenters. The van der Waals surface area contributed by atoms with Crippen LogP contribution in [0.2, 0.25) is 0 Å². The number of carbonyl (C=O) groups is 3. The summed E-state index contributed by atoms with van der Waals surface area (Å²) in [6.07, 6.45) is 2.74. The first kappa shape index (κ1) is 32.7. The van der Waals surface area contributed by atoms with Crippen LogP contribution in [0.1, 0.15) is 69.2 Å². The minimum absolute atomic E-state index is 0.165. The van der Waals surface area contributed by atoms with Gasteiger partial charge in [-0.1, -0.05) is 124 Å². The number of hydrogen-bond donors (Lipinski definition) is 2. The van der Waals surface area contributed by atoms with Crippen molar-refractivity contribution in [3.8, 4) is 22.3 Å². The maximum Gasteiger partial charge on any atom is 0.254 e. The van der Waals surface area contributed by atoms with Gasteiger partial charge in [0.05, 0.1) is 12.2 Å². The molecule has 0 spiro atoms. The van der Waals surface area contributed by atoms with Crippen LogP contribution in [0, 0.1) is 24.7 Å². The molecule has 0 aromatic heterocycles. The van der Waals surface area contributed by atoms with Gasteiger partial charge in [-0.25, -0.2) is 0 Å². The van der Waals surface area contributed by atoms with E-state index in [0.29, 0.717) is 19.4 Å². The van der Waals surface area contributed by atoms with Crippen molar-refractivity contribution in [2.45, 2.75) is 66.0 Å². The van der Waals surface area contributed by atoms with Gasteiger partial charge in [-0.15, -0.1) is 0 Å². The van der Waals surface area contributed by atoms with Gasteiger partial charge in [-0.05, 0) is 65.6 Å². The largest absolute Gasteiger partial charge is 0.369 e. The van der Waals surface area contributed by atoms with Crippen molar-refractivity contribution < 1.29 is 14.4 Å². The highest BCUT2D eigenvalue weighted by Crippen LogP contribution is 2.41. The summed E-state index contributed by atoms with van der Waals surface area (Å²) in [5, 5.41) is 3.14. The summed E-state index contributed by atoms with van der Waals surface area (Å²) in [7, 11) is 0. The van der Waals surface area contributed by atoms with Crippen molar-refractivity contribution in [2.24, 2.45) is 23.5 Å². The van der Waals surface area contributed by atoms with Crippen LogP contribution in [-0.2, 0) is 20.9 Å². The first-order valence-electron chi connectivity index (χ1n) is 16.4. The third kappa shape index (κ3) is 7.23. The van der Waals surface area contributed by atoms with Gasteiger partial charge in [0, 0.05) is 17.4 Å². The van der Waals surface area contributed by atoms with Gasteiger partial charge in [0.1, 0.15) is 6.04 Å². The number of para-hydroxylation sites is 1. The highest BCUT2D eigenvalue weighted by Gasteiger charge is 2.39. The summed E-state index contributed by atoms with van der Waals surface area (Å²) in [5.74, 6) is -2.07. The molecule has 1 aliphatic rings. The molecular weight excluding hydrogens is 570 g/mol. The fourth-order valence-corrected chi connectivity index (χ4v) is 6.60. The number of hydrogen-bond acceptors (Lipinski definition) is 3. The lowest BCUT2D eigenvalue weighted by molar-refractivity contribution is -0.136. The van der Waals surface area contributed by atoms with Gasteiger partial charge in [-0.3, -0.25) is 14.4 Å². The van der Waals surface area contributed by atoms with E-state index < -0.39 is 23.8 Å². The minimum Gasteiger partial charge on any atom is -0.369 e. The third-order valence-corrected chi connectivity index (χ3v) is 8.99. The number of rotatable bonds is 12. The van der Waals surface area contributed by atoms with Crippen LogP contribution in [0.3, 0.4) is 0 Å². The SMILES string of the molecule is CCCC[C@H](C(N)=O)[C@@H](CC(C)C)C(=O)NC1C(=O)N(Cc2cccc(-c3ccc(C)cc3)c2)c2ccccc2-c2ccccc21. The highest BCUT2D eigenvalue weighted by molar-refractivity contribution is 6.06. The molecule has 4 aromatic carbocycles. The normalized spacial score (nSPS) is 15.5.